The summed E-state index contributed by atoms with van der Waals surface area (Å²) >= 11 is 3.38. The third-order valence-corrected chi connectivity index (χ3v) is 3.72. The smallest absolute Gasteiger partial charge is 0.348 e. The number of aliphatic hydroxyl groups excluding tert-OH is 1. The van der Waals surface area contributed by atoms with Crippen LogP contribution in [0.4, 0.5) is 0 Å². The van der Waals surface area contributed by atoms with Crippen LogP contribution in [0.25, 0.3) is 0 Å². The van der Waals surface area contributed by atoms with Crippen LogP contribution >= 0.6 is 15.9 Å². The molecule has 0 spiro atoms. The SMILES string of the molecule is Cc1nc(=O)n(C(C)C(C)O)c(C)c1Br. The Morgan fingerprint density at radius 2 is 1.93 bits per heavy atom. The molecule has 1 rings (SSSR count). The summed E-state index contributed by atoms with van der Waals surface area (Å²) < 4.78 is 2.32. The van der Waals surface area contributed by atoms with E-state index in [2.05, 4.69) is 20.9 Å². The monoisotopic (exact) mass is 274 g/mol. The van der Waals surface area contributed by atoms with Crippen molar-refractivity contribution in [3.63, 3.8) is 0 Å². The molecule has 4 nitrogen and oxygen atoms in total. The molecule has 15 heavy (non-hydrogen) atoms. The summed E-state index contributed by atoms with van der Waals surface area (Å²) in [4.78, 5) is 15.6. The molecule has 0 aliphatic carbocycles. The second-order valence-corrected chi connectivity index (χ2v) is 4.52. The average Bonchev–Trinajstić information content (AvgIpc) is 2.14. The number of nitrogens with zero attached hydrogens (tertiary/aromatic N) is 2. The molecule has 1 N–H and O–H groups in total. The van der Waals surface area contributed by atoms with Gasteiger partial charge in [-0.05, 0) is 43.6 Å². The van der Waals surface area contributed by atoms with Crippen molar-refractivity contribution in [1.29, 1.82) is 0 Å². The molecule has 0 radical (unpaired) electrons. The molecular formula is C10H15BrN2O2. The van der Waals surface area contributed by atoms with Crippen molar-refractivity contribution in [3.8, 4) is 0 Å². The second kappa shape index (κ2) is 4.45. The maximum Gasteiger partial charge on any atom is 0.348 e. The Morgan fingerprint density at radius 3 is 2.40 bits per heavy atom. The summed E-state index contributed by atoms with van der Waals surface area (Å²) in [6, 6.07) is -0.276. The van der Waals surface area contributed by atoms with E-state index in [-0.39, 0.29) is 11.7 Å². The van der Waals surface area contributed by atoms with Crippen molar-refractivity contribution in [1.82, 2.24) is 9.55 Å². The van der Waals surface area contributed by atoms with E-state index < -0.39 is 6.10 Å². The van der Waals surface area contributed by atoms with E-state index in [1.54, 1.807) is 20.8 Å². The molecule has 2 atom stereocenters. The lowest BCUT2D eigenvalue weighted by atomic mass is 10.2. The molecule has 0 aromatic carbocycles. The van der Waals surface area contributed by atoms with Gasteiger partial charge in [0.1, 0.15) is 0 Å². The Bertz CT molecular complexity index is 426. The summed E-state index contributed by atoms with van der Waals surface area (Å²) in [5.74, 6) is 0. The van der Waals surface area contributed by atoms with Gasteiger partial charge in [-0.25, -0.2) is 4.79 Å². The van der Waals surface area contributed by atoms with Crippen LogP contribution in [0.5, 0.6) is 0 Å². The highest BCUT2D eigenvalue weighted by Gasteiger charge is 2.17. The van der Waals surface area contributed by atoms with Crippen LogP contribution in [-0.4, -0.2) is 20.8 Å². The first-order valence-corrected chi connectivity index (χ1v) is 5.58. The molecule has 0 aliphatic rings. The van der Waals surface area contributed by atoms with E-state index >= 15 is 0 Å². The standard InChI is InChI=1S/C10H15BrN2O2/c1-5-9(11)7(3)13(10(15)12-5)6(2)8(4)14/h6,8,14H,1-4H3. The third-order valence-electron chi connectivity index (χ3n) is 2.57. The van der Waals surface area contributed by atoms with Crippen molar-refractivity contribution in [2.24, 2.45) is 0 Å². The number of hydrogen-bond acceptors (Lipinski definition) is 3. The number of hydrogen-bond donors (Lipinski definition) is 1. The Morgan fingerprint density at radius 1 is 1.40 bits per heavy atom. The molecule has 0 bridgehead atoms. The predicted molar refractivity (Wildman–Crippen MR) is 62.1 cm³/mol. The van der Waals surface area contributed by atoms with Crippen LogP contribution in [0.2, 0.25) is 0 Å². The highest BCUT2D eigenvalue weighted by atomic mass is 79.9. The highest BCUT2D eigenvalue weighted by molar-refractivity contribution is 9.10. The normalized spacial score (nSPS) is 15.1. The van der Waals surface area contributed by atoms with Gasteiger partial charge in [0.05, 0.1) is 22.3 Å². The van der Waals surface area contributed by atoms with Gasteiger partial charge in [0, 0.05) is 5.69 Å². The lowest BCUT2D eigenvalue weighted by Gasteiger charge is -2.21. The minimum atomic E-state index is -0.585. The Labute approximate surface area is 97.1 Å². The molecule has 0 saturated carbocycles. The second-order valence-electron chi connectivity index (χ2n) is 3.73. The van der Waals surface area contributed by atoms with Gasteiger partial charge in [0.2, 0.25) is 0 Å². The van der Waals surface area contributed by atoms with Crippen LogP contribution in [0.3, 0.4) is 0 Å². The van der Waals surface area contributed by atoms with Crippen LogP contribution < -0.4 is 5.69 Å². The number of aryl methyl sites for hydroxylation is 1. The fourth-order valence-electron chi connectivity index (χ4n) is 1.45. The molecule has 0 amide bonds. The van der Waals surface area contributed by atoms with Gasteiger partial charge >= 0.3 is 5.69 Å². The Balaban J connectivity index is 3.43. The van der Waals surface area contributed by atoms with E-state index in [1.807, 2.05) is 6.92 Å². The lowest BCUT2D eigenvalue weighted by Crippen LogP contribution is -2.33. The highest BCUT2D eigenvalue weighted by Crippen LogP contribution is 2.20. The molecule has 84 valence electrons. The first-order valence-electron chi connectivity index (χ1n) is 4.79. The topological polar surface area (TPSA) is 55.1 Å². The molecule has 0 aliphatic heterocycles. The zero-order chi connectivity index (χ0) is 11.7. The molecule has 1 heterocycles. The van der Waals surface area contributed by atoms with Crippen LogP contribution in [0, 0.1) is 13.8 Å². The van der Waals surface area contributed by atoms with Gasteiger partial charge in [-0.2, -0.15) is 4.98 Å². The molecule has 0 fully saturated rings. The van der Waals surface area contributed by atoms with Crippen LogP contribution in [0.15, 0.2) is 9.27 Å². The summed E-state index contributed by atoms with van der Waals surface area (Å²) in [5, 5.41) is 9.48. The molecule has 5 heteroatoms. The summed E-state index contributed by atoms with van der Waals surface area (Å²) in [6.07, 6.45) is -0.585. The largest absolute Gasteiger partial charge is 0.391 e. The Kier molecular flexibility index (Phi) is 3.67. The van der Waals surface area contributed by atoms with Gasteiger partial charge in [-0.15, -0.1) is 0 Å². The van der Waals surface area contributed by atoms with E-state index in [0.29, 0.717) is 5.69 Å². The third kappa shape index (κ3) is 2.29. The van der Waals surface area contributed by atoms with Crippen molar-refractivity contribution in [2.75, 3.05) is 0 Å². The van der Waals surface area contributed by atoms with Gasteiger partial charge < -0.3 is 5.11 Å². The average molecular weight is 275 g/mol. The van der Waals surface area contributed by atoms with Gasteiger partial charge in [-0.3, -0.25) is 4.57 Å². The molecule has 2 unspecified atom stereocenters. The van der Waals surface area contributed by atoms with Crippen molar-refractivity contribution in [2.45, 2.75) is 39.8 Å². The van der Waals surface area contributed by atoms with E-state index in [0.717, 1.165) is 10.2 Å². The molecular weight excluding hydrogens is 260 g/mol. The number of aliphatic hydroxyl groups is 1. The van der Waals surface area contributed by atoms with Crippen LogP contribution in [-0.2, 0) is 0 Å². The van der Waals surface area contributed by atoms with Crippen molar-refractivity contribution < 1.29 is 5.11 Å². The number of rotatable bonds is 2. The first-order chi connectivity index (χ1) is 6.86. The minimum Gasteiger partial charge on any atom is -0.391 e. The predicted octanol–water partition coefficient (Wildman–Crippen LogP) is 1.56. The number of aromatic nitrogens is 2. The molecule has 1 aromatic rings. The van der Waals surface area contributed by atoms with E-state index in [1.165, 1.54) is 4.57 Å². The zero-order valence-electron chi connectivity index (χ0n) is 9.28. The fourth-order valence-corrected chi connectivity index (χ4v) is 1.73. The summed E-state index contributed by atoms with van der Waals surface area (Å²) in [6.45, 7) is 7.06. The van der Waals surface area contributed by atoms with Crippen molar-refractivity contribution >= 4 is 15.9 Å². The van der Waals surface area contributed by atoms with E-state index in [4.69, 9.17) is 0 Å². The van der Waals surface area contributed by atoms with Gasteiger partial charge in [0.25, 0.3) is 0 Å². The Hall–Kier alpha value is -0.680. The zero-order valence-corrected chi connectivity index (χ0v) is 10.9. The molecule has 1 aromatic heterocycles. The van der Waals surface area contributed by atoms with E-state index in [9.17, 15) is 9.90 Å². The summed E-state index contributed by atoms with van der Waals surface area (Å²) in [5.41, 5.74) is 1.15. The van der Waals surface area contributed by atoms with Gasteiger partial charge in [-0.1, -0.05) is 0 Å². The fraction of sp³-hybridized carbons (Fsp3) is 0.600. The quantitative estimate of drug-likeness (QED) is 0.891. The van der Waals surface area contributed by atoms with Crippen LogP contribution in [0.1, 0.15) is 31.3 Å². The maximum absolute atomic E-state index is 11.7. The first kappa shape index (κ1) is 12.4. The number of halogens is 1. The lowest BCUT2D eigenvalue weighted by molar-refractivity contribution is 0.135. The van der Waals surface area contributed by atoms with Crippen molar-refractivity contribution in [3.05, 3.63) is 26.3 Å². The summed E-state index contributed by atoms with van der Waals surface area (Å²) in [7, 11) is 0. The minimum absolute atomic E-state index is 0.276. The molecule has 0 saturated heterocycles. The maximum atomic E-state index is 11.7. The van der Waals surface area contributed by atoms with Gasteiger partial charge in [0.15, 0.2) is 0 Å².